The lowest BCUT2D eigenvalue weighted by molar-refractivity contribution is -0.136. The Kier molecular flexibility index (Phi) is 4.65. The molecule has 0 atom stereocenters. The molecule has 0 unspecified atom stereocenters. The average molecular weight is 344 g/mol. The van der Waals surface area contributed by atoms with Crippen molar-refractivity contribution in [1.29, 1.82) is 0 Å². The van der Waals surface area contributed by atoms with Crippen molar-refractivity contribution in [3.05, 3.63) is 40.6 Å². The summed E-state index contributed by atoms with van der Waals surface area (Å²) in [6.45, 7) is 9.68. The van der Waals surface area contributed by atoms with E-state index in [1.54, 1.807) is 13.0 Å². The number of hydrogen-bond acceptors (Lipinski definition) is 4. The molecule has 2 aromatic rings. The molecule has 0 bridgehead atoms. The third kappa shape index (κ3) is 3.60. The van der Waals surface area contributed by atoms with Crippen LogP contribution in [0.1, 0.15) is 47.1 Å². The van der Waals surface area contributed by atoms with Crippen molar-refractivity contribution in [3.8, 4) is 0 Å². The second-order valence-electron chi connectivity index (χ2n) is 6.77. The fraction of sp³-hybridized carbons (Fsp3) is 0.500. The zero-order chi connectivity index (χ0) is 18.1. The van der Waals surface area contributed by atoms with Crippen LogP contribution in [0.4, 0.5) is 0 Å². The number of nitrogens with zero attached hydrogens (tertiary/aromatic N) is 3. The SMILES string of the molecule is Cc1cc(C(=O)NCc2cc3n(n2)CCN(C(=O)C(C)C)C3)c(C)o1. The summed E-state index contributed by atoms with van der Waals surface area (Å²) in [6, 6.07) is 3.69. The predicted octanol–water partition coefficient (Wildman–Crippen LogP) is 2.02. The van der Waals surface area contributed by atoms with Gasteiger partial charge in [0.05, 0.1) is 36.6 Å². The first-order valence-electron chi connectivity index (χ1n) is 8.54. The van der Waals surface area contributed by atoms with E-state index >= 15 is 0 Å². The monoisotopic (exact) mass is 344 g/mol. The summed E-state index contributed by atoms with van der Waals surface area (Å²) in [7, 11) is 0. The molecule has 134 valence electrons. The predicted molar refractivity (Wildman–Crippen MR) is 91.8 cm³/mol. The number of furan rings is 1. The van der Waals surface area contributed by atoms with Gasteiger partial charge in [-0.2, -0.15) is 5.10 Å². The maximum absolute atomic E-state index is 12.3. The van der Waals surface area contributed by atoms with Crippen LogP contribution in [-0.4, -0.2) is 33.0 Å². The molecule has 0 saturated carbocycles. The molecule has 2 aromatic heterocycles. The van der Waals surface area contributed by atoms with Gasteiger partial charge in [-0.15, -0.1) is 0 Å². The molecule has 7 heteroatoms. The smallest absolute Gasteiger partial charge is 0.255 e. The number of fused-ring (bicyclic) bond motifs is 1. The Morgan fingerprint density at radius 2 is 2.04 bits per heavy atom. The van der Waals surface area contributed by atoms with Crippen LogP contribution >= 0.6 is 0 Å². The summed E-state index contributed by atoms with van der Waals surface area (Å²) < 4.78 is 7.30. The number of hydrogen-bond donors (Lipinski definition) is 1. The maximum Gasteiger partial charge on any atom is 0.255 e. The molecular weight excluding hydrogens is 320 g/mol. The van der Waals surface area contributed by atoms with E-state index in [0.29, 0.717) is 37.5 Å². The van der Waals surface area contributed by atoms with Gasteiger partial charge in [0, 0.05) is 12.5 Å². The summed E-state index contributed by atoms with van der Waals surface area (Å²) in [5.41, 5.74) is 2.34. The molecule has 0 aliphatic carbocycles. The van der Waals surface area contributed by atoms with Gasteiger partial charge < -0.3 is 14.6 Å². The number of nitrogens with one attached hydrogen (secondary N) is 1. The highest BCUT2D eigenvalue weighted by atomic mass is 16.3. The third-order valence-electron chi connectivity index (χ3n) is 4.37. The second-order valence-corrected chi connectivity index (χ2v) is 6.77. The molecule has 0 fully saturated rings. The Labute approximate surface area is 147 Å². The van der Waals surface area contributed by atoms with Gasteiger partial charge in [0.1, 0.15) is 11.5 Å². The molecule has 0 saturated heterocycles. The molecule has 1 aliphatic heterocycles. The largest absolute Gasteiger partial charge is 0.466 e. The second kappa shape index (κ2) is 6.74. The molecule has 0 spiro atoms. The Morgan fingerprint density at radius 3 is 2.68 bits per heavy atom. The molecule has 3 rings (SSSR count). The van der Waals surface area contributed by atoms with Crippen LogP contribution in [0, 0.1) is 19.8 Å². The number of carbonyl (C=O) groups is 2. The molecule has 0 radical (unpaired) electrons. The molecule has 0 aromatic carbocycles. The molecule has 3 heterocycles. The first kappa shape index (κ1) is 17.3. The van der Waals surface area contributed by atoms with E-state index in [2.05, 4.69) is 10.4 Å². The minimum absolute atomic E-state index is 0.00473. The highest BCUT2D eigenvalue weighted by Gasteiger charge is 2.24. The summed E-state index contributed by atoms with van der Waals surface area (Å²) in [5, 5.41) is 7.40. The molecule has 2 amide bonds. The number of aryl methyl sites for hydroxylation is 2. The summed E-state index contributed by atoms with van der Waals surface area (Å²) in [6.07, 6.45) is 0. The summed E-state index contributed by atoms with van der Waals surface area (Å²) in [4.78, 5) is 26.3. The van der Waals surface area contributed by atoms with E-state index in [1.807, 2.05) is 36.4 Å². The molecule has 1 aliphatic rings. The summed E-state index contributed by atoms with van der Waals surface area (Å²) >= 11 is 0. The molecule has 1 N–H and O–H groups in total. The Balaban J connectivity index is 1.63. The minimum atomic E-state index is -0.170. The van der Waals surface area contributed by atoms with Crippen molar-refractivity contribution in [2.24, 2.45) is 5.92 Å². The lowest BCUT2D eigenvalue weighted by Gasteiger charge is -2.29. The van der Waals surface area contributed by atoms with Crippen molar-refractivity contribution in [2.75, 3.05) is 6.54 Å². The van der Waals surface area contributed by atoms with Gasteiger partial charge >= 0.3 is 0 Å². The first-order chi connectivity index (χ1) is 11.8. The number of rotatable bonds is 4. The first-order valence-corrected chi connectivity index (χ1v) is 8.54. The number of amides is 2. The zero-order valence-corrected chi connectivity index (χ0v) is 15.1. The number of carbonyl (C=O) groups excluding carboxylic acids is 2. The van der Waals surface area contributed by atoms with Gasteiger partial charge in [-0.3, -0.25) is 14.3 Å². The minimum Gasteiger partial charge on any atom is -0.466 e. The van der Waals surface area contributed by atoms with Crippen molar-refractivity contribution in [3.63, 3.8) is 0 Å². The van der Waals surface area contributed by atoms with Crippen LogP contribution in [0.2, 0.25) is 0 Å². The van der Waals surface area contributed by atoms with Crippen LogP contribution in [0.5, 0.6) is 0 Å². The van der Waals surface area contributed by atoms with Crippen LogP contribution in [-0.2, 0) is 24.4 Å². The molecule has 25 heavy (non-hydrogen) atoms. The van der Waals surface area contributed by atoms with Gasteiger partial charge in [0.2, 0.25) is 5.91 Å². The van der Waals surface area contributed by atoms with Crippen molar-refractivity contribution in [1.82, 2.24) is 20.0 Å². The van der Waals surface area contributed by atoms with E-state index in [1.165, 1.54) is 0 Å². The van der Waals surface area contributed by atoms with Crippen molar-refractivity contribution in [2.45, 2.75) is 47.3 Å². The van der Waals surface area contributed by atoms with E-state index in [-0.39, 0.29) is 17.7 Å². The Hall–Kier alpha value is -2.57. The van der Waals surface area contributed by atoms with Crippen LogP contribution < -0.4 is 5.32 Å². The molecule has 7 nitrogen and oxygen atoms in total. The van der Waals surface area contributed by atoms with E-state index in [9.17, 15) is 9.59 Å². The lowest BCUT2D eigenvalue weighted by Crippen LogP contribution is -2.40. The maximum atomic E-state index is 12.3. The van der Waals surface area contributed by atoms with Gasteiger partial charge in [0.15, 0.2) is 0 Å². The molecular formula is C18H24N4O3. The van der Waals surface area contributed by atoms with E-state index in [4.69, 9.17) is 4.42 Å². The Morgan fingerprint density at radius 1 is 1.28 bits per heavy atom. The van der Waals surface area contributed by atoms with Crippen LogP contribution in [0.15, 0.2) is 16.5 Å². The van der Waals surface area contributed by atoms with E-state index in [0.717, 1.165) is 17.1 Å². The van der Waals surface area contributed by atoms with Gasteiger partial charge in [-0.25, -0.2) is 0 Å². The standard InChI is InChI=1S/C18H24N4O3/c1-11(2)18(24)21-5-6-22-15(10-21)8-14(20-22)9-19-17(23)16-7-12(3)25-13(16)4/h7-8,11H,5-6,9-10H2,1-4H3,(H,19,23). The number of aromatic nitrogens is 2. The van der Waals surface area contributed by atoms with Gasteiger partial charge in [-0.1, -0.05) is 13.8 Å². The topological polar surface area (TPSA) is 80.4 Å². The lowest BCUT2D eigenvalue weighted by atomic mass is 10.1. The highest BCUT2D eigenvalue weighted by Crippen LogP contribution is 2.17. The van der Waals surface area contributed by atoms with Crippen molar-refractivity contribution >= 4 is 11.8 Å². The van der Waals surface area contributed by atoms with Crippen LogP contribution in [0.25, 0.3) is 0 Å². The highest BCUT2D eigenvalue weighted by molar-refractivity contribution is 5.95. The van der Waals surface area contributed by atoms with Gasteiger partial charge in [0.25, 0.3) is 5.91 Å². The zero-order valence-electron chi connectivity index (χ0n) is 15.1. The van der Waals surface area contributed by atoms with Crippen LogP contribution in [0.3, 0.4) is 0 Å². The van der Waals surface area contributed by atoms with Gasteiger partial charge in [-0.05, 0) is 26.0 Å². The third-order valence-corrected chi connectivity index (χ3v) is 4.37. The average Bonchev–Trinajstić information content (AvgIpc) is 3.13. The quantitative estimate of drug-likeness (QED) is 0.920. The van der Waals surface area contributed by atoms with E-state index < -0.39 is 0 Å². The fourth-order valence-electron chi connectivity index (χ4n) is 3.09. The van der Waals surface area contributed by atoms with Crippen molar-refractivity contribution < 1.29 is 14.0 Å². The summed E-state index contributed by atoms with van der Waals surface area (Å²) in [5.74, 6) is 1.32. The fourth-order valence-corrected chi connectivity index (χ4v) is 3.09. The Bertz CT molecular complexity index is 803. The normalized spacial score (nSPS) is 13.9.